The van der Waals surface area contributed by atoms with Gasteiger partial charge in [-0.25, -0.2) is 0 Å². The number of aliphatic hydroxyl groups excluding tert-OH is 1. The van der Waals surface area contributed by atoms with Crippen LogP contribution in [0.15, 0.2) is 54.6 Å². The van der Waals surface area contributed by atoms with Crippen molar-refractivity contribution in [1.29, 1.82) is 0 Å². The van der Waals surface area contributed by atoms with Gasteiger partial charge >= 0.3 is 6.18 Å². The van der Waals surface area contributed by atoms with Gasteiger partial charge in [-0.15, -0.1) is 24.8 Å². The van der Waals surface area contributed by atoms with Crippen molar-refractivity contribution in [2.45, 2.75) is 37.8 Å². The molecule has 146 valence electrons. The Morgan fingerprint density at radius 1 is 0.962 bits per heavy atom. The maximum Gasteiger partial charge on any atom is 0.416 e. The van der Waals surface area contributed by atoms with E-state index < -0.39 is 24.0 Å². The van der Waals surface area contributed by atoms with Crippen molar-refractivity contribution in [1.82, 2.24) is 5.32 Å². The number of nitrogens with two attached hydrogens (primary N) is 1. The number of hydrogen-bond donors (Lipinski definition) is 3. The van der Waals surface area contributed by atoms with Crippen LogP contribution in [-0.2, 0) is 19.1 Å². The summed E-state index contributed by atoms with van der Waals surface area (Å²) >= 11 is 0. The molecule has 0 bridgehead atoms. The first-order chi connectivity index (χ1) is 11.4. The highest BCUT2D eigenvalue weighted by molar-refractivity contribution is 5.85. The number of halogens is 5. The molecule has 0 saturated heterocycles. The molecule has 26 heavy (non-hydrogen) atoms. The van der Waals surface area contributed by atoms with E-state index in [2.05, 4.69) is 5.32 Å². The van der Waals surface area contributed by atoms with E-state index in [4.69, 9.17) is 5.73 Å². The summed E-state index contributed by atoms with van der Waals surface area (Å²) in [5.41, 5.74) is 6.74. The highest BCUT2D eigenvalue weighted by atomic mass is 35.5. The van der Waals surface area contributed by atoms with Crippen molar-refractivity contribution in [2.24, 2.45) is 5.73 Å². The monoisotopic (exact) mass is 410 g/mol. The summed E-state index contributed by atoms with van der Waals surface area (Å²) in [5, 5.41) is 12.9. The average molecular weight is 411 g/mol. The fourth-order valence-corrected chi connectivity index (χ4v) is 2.37. The number of hydrogen-bond acceptors (Lipinski definition) is 3. The van der Waals surface area contributed by atoms with Crippen LogP contribution in [0, 0.1) is 0 Å². The van der Waals surface area contributed by atoms with Gasteiger partial charge in [0.1, 0.15) is 0 Å². The van der Waals surface area contributed by atoms with Gasteiger partial charge < -0.3 is 10.8 Å². The minimum absolute atomic E-state index is 0. The third-order valence-electron chi connectivity index (χ3n) is 3.78. The number of aryl methyl sites for hydroxylation is 1. The first kappa shape index (κ1) is 24.7. The van der Waals surface area contributed by atoms with Gasteiger partial charge in [0.2, 0.25) is 0 Å². The molecular formula is C18H23Cl2F3N2O. The molecule has 0 aliphatic rings. The number of nitrogens with one attached hydrogen (secondary N) is 1. The molecule has 0 aliphatic heterocycles. The zero-order valence-corrected chi connectivity index (χ0v) is 15.6. The van der Waals surface area contributed by atoms with E-state index >= 15 is 0 Å². The largest absolute Gasteiger partial charge is 0.416 e. The van der Waals surface area contributed by atoms with Gasteiger partial charge in [0.25, 0.3) is 0 Å². The summed E-state index contributed by atoms with van der Waals surface area (Å²) in [7, 11) is 0. The van der Waals surface area contributed by atoms with Crippen molar-refractivity contribution in [3.63, 3.8) is 0 Å². The molecule has 0 amide bonds. The predicted molar refractivity (Wildman–Crippen MR) is 102 cm³/mol. The summed E-state index contributed by atoms with van der Waals surface area (Å²) < 4.78 is 38.0. The van der Waals surface area contributed by atoms with Gasteiger partial charge in [0.15, 0.2) is 0 Å². The molecule has 0 aromatic heterocycles. The van der Waals surface area contributed by atoms with Crippen molar-refractivity contribution >= 4 is 24.8 Å². The fourth-order valence-electron chi connectivity index (χ4n) is 2.37. The van der Waals surface area contributed by atoms with Crippen LogP contribution in [0.2, 0.25) is 0 Å². The molecule has 0 saturated carbocycles. The van der Waals surface area contributed by atoms with E-state index in [1.807, 2.05) is 30.3 Å². The first-order valence-electron chi connectivity index (χ1n) is 7.73. The van der Waals surface area contributed by atoms with Gasteiger partial charge in [0.05, 0.1) is 17.8 Å². The highest BCUT2D eigenvalue weighted by Crippen LogP contribution is 2.29. The lowest BCUT2D eigenvalue weighted by Gasteiger charge is -2.20. The van der Waals surface area contributed by atoms with E-state index in [-0.39, 0.29) is 31.4 Å². The molecule has 0 aliphatic carbocycles. The maximum atomic E-state index is 12.7. The molecular weight excluding hydrogens is 388 g/mol. The topological polar surface area (TPSA) is 58.3 Å². The van der Waals surface area contributed by atoms with Crippen LogP contribution in [-0.4, -0.2) is 17.4 Å². The summed E-state index contributed by atoms with van der Waals surface area (Å²) in [5.74, 6) is 0. The molecule has 3 nitrogen and oxygen atoms in total. The van der Waals surface area contributed by atoms with Gasteiger partial charge in [-0.05, 0) is 30.0 Å². The zero-order chi connectivity index (χ0) is 17.6. The van der Waals surface area contributed by atoms with Crippen molar-refractivity contribution < 1.29 is 18.3 Å². The summed E-state index contributed by atoms with van der Waals surface area (Å²) in [6, 6.07) is 14.8. The van der Waals surface area contributed by atoms with Gasteiger partial charge in [-0.1, -0.05) is 48.5 Å². The summed E-state index contributed by atoms with van der Waals surface area (Å²) in [6.45, 7) is 0.160. The van der Waals surface area contributed by atoms with Crippen LogP contribution >= 0.6 is 24.8 Å². The quantitative estimate of drug-likeness (QED) is 0.606. The Balaban J connectivity index is 0.00000312. The predicted octanol–water partition coefficient (Wildman–Crippen LogP) is 3.92. The van der Waals surface area contributed by atoms with Crippen LogP contribution in [0.5, 0.6) is 0 Å². The van der Waals surface area contributed by atoms with Gasteiger partial charge in [-0.3, -0.25) is 5.32 Å². The number of benzene rings is 2. The standard InChI is InChI=1S/C18H21F3N2O.2ClH/c19-18(20,21)15-8-4-7-14(11-15)12-23-17(22)16(24)10-9-13-5-2-1-3-6-13;;/h1-8,11,16-17,23-24H,9-10,12,22H2;2*1H. The molecule has 2 rings (SSSR count). The SMILES string of the molecule is Cl.Cl.NC(NCc1cccc(C(F)(F)F)c1)C(O)CCc1ccccc1. The molecule has 0 spiro atoms. The Hall–Kier alpha value is -1.31. The molecule has 0 radical (unpaired) electrons. The molecule has 0 fully saturated rings. The van der Waals surface area contributed by atoms with Crippen molar-refractivity contribution in [2.75, 3.05) is 0 Å². The van der Waals surface area contributed by atoms with Gasteiger partial charge in [0, 0.05) is 6.54 Å². The summed E-state index contributed by atoms with van der Waals surface area (Å²) in [4.78, 5) is 0. The van der Waals surface area contributed by atoms with Crippen molar-refractivity contribution in [3.8, 4) is 0 Å². The number of rotatable bonds is 7. The minimum Gasteiger partial charge on any atom is -0.390 e. The maximum absolute atomic E-state index is 12.7. The third kappa shape index (κ3) is 7.93. The van der Waals surface area contributed by atoms with Crippen LogP contribution in [0.3, 0.4) is 0 Å². The van der Waals surface area contributed by atoms with Crippen molar-refractivity contribution in [3.05, 3.63) is 71.3 Å². The van der Waals surface area contributed by atoms with Crippen LogP contribution in [0.1, 0.15) is 23.1 Å². The smallest absolute Gasteiger partial charge is 0.390 e. The number of aliphatic hydroxyl groups is 1. The Kier molecular flexibility index (Phi) is 10.8. The lowest BCUT2D eigenvalue weighted by atomic mass is 10.1. The van der Waals surface area contributed by atoms with E-state index in [0.29, 0.717) is 18.4 Å². The van der Waals surface area contributed by atoms with E-state index in [1.54, 1.807) is 6.07 Å². The molecule has 0 heterocycles. The second-order valence-corrected chi connectivity index (χ2v) is 5.70. The molecule has 2 unspecified atom stereocenters. The fraction of sp³-hybridized carbons (Fsp3) is 0.333. The Morgan fingerprint density at radius 2 is 1.58 bits per heavy atom. The highest BCUT2D eigenvalue weighted by Gasteiger charge is 2.30. The van der Waals surface area contributed by atoms with Crippen LogP contribution in [0.25, 0.3) is 0 Å². The third-order valence-corrected chi connectivity index (χ3v) is 3.78. The number of alkyl halides is 3. The normalized spacial score (nSPS) is 13.3. The molecule has 2 atom stereocenters. The lowest BCUT2D eigenvalue weighted by Crippen LogP contribution is -2.46. The Bertz CT molecular complexity index is 642. The minimum atomic E-state index is -4.37. The lowest BCUT2D eigenvalue weighted by molar-refractivity contribution is -0.137. The Labute approximate surface area is 163 Å². The Morgan fingerprint density at radius 3 is 2.19 bits per heavy atom. The van der Waals surface area contributed by atoms with Crippen LogP contribution < -0.4 is 11.1 Å². The molecule has 2 aromatic rings. The molecule has 8 heteroatoms. The van der Waals surface area contributed by atoms with E-state index in [0.717, 1.165) is 17.7 Å². The van der Waals surface area contributed by atoms with Gasteiger partial charge in [-0.2, -0.15) is 13.2 Å². The second kappa shape index (κ2) is 11.4. The van der Waals surface area contributed by atoms with E-state index in [9.17, 15) is 18.3 Å². The van der Waals surface area contributed by atoms with Crippen LogP contribution in [0.4, 0.5) is 13.2 Å². The average Bonchev–Trinajstić information content (AvgIpc) is 2.58. The molecule has 4 N–H and O–H groups in total. The molecule has 2 aromatic carbocycles. The second-order valence-electron chi connectivity index (χ2n) is 5.70. The zero-order valence-electron chi connectivity index (χ0n) is 13.9. The first-order valence-corrected chi connectivity index (χ1v) is 7.73. The van der Waals surface area contributed by atoms with E-state index in [1.165, 1.54) is 6.07 Å². The summed E-state index contributed by atoms with van der Waals surface area (Å²) in [6.07, 6.45) is -4.70.